The molecule has 2 aliphatic carbocycles. The molecule has 9 atom stereocenters. The van der Waals surface area contributed by atoms with Crippen LogP contribution < -0.4 is 0 Å². The van der Waals surface area contributed by atoms with Gasteiger partial charge < -0.3 is 29.5 Å². The first-order valence-corrected chi connectivity index (χ1v) is 11.2. The maximum atomic E-state index is 12.6. The predicted molar refractivity (Wildman–Crippen MR) is 115 cm³/mol. The minimum absolute atomic E-state index is 0.354. The molecule has 0 aromatic heterocycles. The smallest absolute Gasteiger partial charge is 0.312 e. The van der Waals surface area contributed by atoms with Crippen LogP contribution in [0.4, 0.5) is 0 Å². The van der Waals surface area contributed by atoms with Crippen molar-refractivity contribution in [2.75, 3.05) is 0 Å². The second-order valence-corrected chi connectivity index (χ2v) is 10.0. The number of ether oxygens (including phenoxy) is 3. The summed E-state index contributed by atoms with van der Waals surface area (Å²) >= 11 is 0. The van der Waals surface area contributed by atoms with Crippen molar-refractivity contribution in [2.45, 2.75) is 90.0 Å². The van der Waals surface area contributed by atoms with E-state index in [-0.39, 0.29) is 0 Å². The summed E-state index contributed by atoms with van der Waals surface area (Å²) in [5.74, 6) is -4.23. The highest BCUT2D eigenvalue weighted by molar-refractivity contribution is 5.77. The number of carbonyl (C=O) groups is 3. The van der Waals surface area contributed by atoms with Crippen molar-refractivity contribution in [1.82, 2.24) is 0 Å². The molecule has 9 nitrogen and oxygen atoms in total. The molecule has 1 aliphatic heterocycles. The van der Waals surface area contributed by atoms with Gasteiger partial charge in [0.15, 0.2) is 11.7 Å². The minimum atomic E-state index is -2.05. The van der Waals surface area contributed by atoms with Crippen LogP contribution in [-0.2, 0) is 28.6 Å². The molecule has 9 unspecified atom stereocenters. The summed E-state index contributed by atoms with van der Waals surface area (Å²) in [6, 6.07) is 0. The average molecular weight is 467 g/mol. The standard InChI is InChI=1S/C24H34O9/c1-12-7-8-17(31-14(3)25)22(5)10-9-16(27)23(6,29)19(22)20(32-15(4)26)24(30)13(2)21(28)33-18(24)11-12/h9-11,13,16-20,27,29-30H,7-8H2,1-6H3. The Morgan fingerprint density at radius 2 is 1.76 bits per heavy atom. The fourth-order valence-electron chi connectivity index (χ4n) is 5.69. The molecule has 0 saturated carbocycles. The monoisotopic (exact) mass is 466 g/mol. The van der Waals surface area contributed by atoms with Gasteiger partial charge in [-0.05, 0) is 39.7 Å². The van der Waals surface area contributed by atoms with Crippen molar-refractivity contribution in [2.24, 2.45) is 17.3 Å². The molecule has 0 aromatic rings. The van der Waals surface area contributed by atoms with Crippen molar-refractivity contribution < 1.29 is 43.9 Å². The lowest BCUT2D eigenvalue weighted by atomic mass is 9.54. The van der Waals surface area contributed by atoms with Crippen LogP contribution in [0.1, 0.15) is 54.4 Å². The molecule has 33 heavy (non-hydrogen) atoms. The van der Waals surface area contributed by atoms with Crippen molar-refractivity contribution in [3.63, 3.8) is 0 Å². The Kier molecular flexibility index (Phi) is 6.56. The Hall–Kier alpha value is -2.23. The summed E-state index contributed by atoms with van der Waals surface area (Å²) in [4.78, 5) is 36.9. The summed E-state index contributed by atoms with van der Waals surface area (Å²) in [5.41, 5.74) is -4.38. The number of hydrogen-bond donors (Lipinski definition) is 3. The van der Waals surface area contributed by atoms with Gasteiger partial charge >= 0.3 is 17.9 Å². The molecular weight excluding hydrogens is 432 g/mol. The van der Waals surface area contributed by atoms with Crippen LogP contribution in [0.5, 0.6) is 0 Å². The van der Waals surface area contributed by atoms with Gasteiger partial charge in [-0.2, -0.15) is 0 Å². The van der Waals surface area contributed by atoms with Crippen molar-refractivity contribution in [3.8, 4) is 0 Å². The highest BCUT2D eigenvalue weighted by Gasteiger charge is 2.68. The van der Waals surface area contributed by atoms with Crippen LogP contribution in [-0.4, -0.2) is 68.8 Å². The number of aliphatic hydroxyl groups is 3. The Morgan fingerprint density at radius 3 is 2.33 bits per heavy atom. The molecule has 1 fully saturated rings. The minimum Gasteiger partial charge on any atom is -0.462 e. The largest absolute Gasteiger partial charge is 0.462 e. The zero-order chi connectivity index (χ0) is 24.9. The number of aliphatic hydroxyl groups excluding tert-OH is 1. The van der Waals surface area contributed by atoms with Gasteiger partial charge in [-0.25, -0.2) is 0 Å². The highest BCUT2D eigenvalue weighted by Crippen LogP contribution is 2.54. The lowest BCUT2D eigenvalue weighted by Crippen LogP contribution is -2.69. The van der Waals surface area contributed by atoms with Gasteiger partial charge in [0.1, 0.15) is 18.3 Å². The summed E-state index contributed by atoms with van der Waals surface area (Å²) in [6.45, 7) is 8.81. The van der Waals surface area contributed by atoms with E-state index in [0.29, 0.717) is 12.8 Å². The van der Waals surface area contributed by atoms with Crippen molar-refractivity contribution in [1.29, 1.82) is 0 Å². The molecule has 0 spiro atoms. The number of fused-ring (bicyclic) bond motifs is 2. The lowest BCUT2D eigenvalue weighted by Gasteiger charge is -2.56. The third-order valence-corrected chi connectivity index (χ3v) is 7.57. The molecule has 0 amide bonds. The first kappa shape index (κ1) is 25.4. The number of rotatable bonds is 2. The second-order valence-electron chi connectivity index (χ2n) is 10.0. The molecule has 0 radical (unpaired) electrons. The summed E-state index contributed by atoms with van der Waals surface area (Å²) in [7, 11) is 0. The van der Waals surface area contributed by atoms with Gasteiger partial charge in [0, 0.05) is 25.2 Å². The molecule has 3 aliphatic rings. The maximum absolute atomic E-state index is 12.6. The summed E-state index contributed by atoms with van der Waals surface area (Å²) in [6.07, 6.45) is 0.669. The van der Waals surface area contributed by atoms with Crippen molar-refractivity contribution >= 4 is 17.9 Å². The zero-order valence-electron chi connectivity index (χ0n) is 19.9. The van der Waals surface area contributed by atoms with Gasteiger partial charge in [0.2, 0.25) is 0 Å². The third-order valence-electron chi connectivity index (χ3n) is 7.57. The Balaban J connectivity index is 2.35. The summed E-state index contributed by atoms with van der Waals surface area (Å²) < 4.78 is 16.8. The van der Waals surface area contributed by atoms with Gasteiger partial charge in [-0.1, -0.05) is 24.6 Å². The predicted octanol–water partition coefficient (Wildman–Crippen LogP) is 1.19. The third kappa shape index (κ3) is 4.11. The van der Waals surface area contributed by atoms with Gasteiger partial charge in [0.25, 0.3) is 0 Å². The highest BCUT2D eigenvalue weighted by atomic mass is 16.6. The molecular formula is C24H34O9. The molecule has 9 heteroatoms. The van der Waals surface area contributed by atoms with Crippen LogP contribution in [0.25, 0.3) is 0 Å². The average Bonchev–Trinajstić information content (AvgIpc) is 2.90. The van der Waals surface area contributed by atoms with E-state index in [1.807, 2.05) is 0 Å². The number of carbonyl (C=O) groups excluding carboxylic acids is 3. The fourth-order valence-corrected chi connectivity index (χ4v) is 5.69. The van der Waals surface area contributed by atoms with Gasteiger partial charge in [-0.3, -0.25) is 14.4 Å². The quantitative estimate of drug-likeness (QED) is 0.311. The molecule has 0 aromatic carbocycles. The van der Waals surface area contributed by atoms with Gasteiger partial charge in [-0.15, -0.1) is 0 Å². The molecule has 3 rings (SSSR count). The molecule has 1 heterocycles. The van der Waals surface area contributed by atoms with Crippen molar-refractivity contribution in [3.05, 3.63) is 23.8 Å². The normalized spacial score (nSPS) is 45.2. The first-order chi connectivity index (χ1) is 15.2. The van der Waals surface area contributed by atoms with E-state index >= 15 is 0 Å². The van der Waals surface area contributed by atoms with Crippen LogP contribution in [0.15, 0.2) is 23.8 Å². The SMILES string of the molecule is CC(=O)OC1CCC(C)=CC2OC(=O)C(C)C2(O)C(OC(C)=O)C2C(C)(O)C(O)C=CC12C. The van der Waals surface area contributed by atoms with E-state index in [1.165, 1.54) is 26.8 Å². The Morgan fingerprint density at radius 1 is 1.15 bits per heavy atom. The molecule has 3 N–H and O–H groups in total. The van der Waals surface area contributed by atoms with E-state index in [1.54, 1.807) is 26.0 Å². The van der Waals surface area contributed by atoms with E-state index in [0.717, 1.165) is 12.5 Å². The second kappa shape index (κ2) is 8.52. The van der Waals surface area contributed by atoms with Crippen LogP contribution >= 0.6 is 0 Å². The van der Waals surface area contributed by atoms with E-state index in [2.05, 4.69) is 0 Å². The molecule has 1 saturated heterocycles. The zero-order valence-corrected chi connectivity index (χ0v) is 19.9. The number of hydrogen-bond acceptors (Lipinski definition) is 9. The van der Waals surface area contributed by atoms with Crippen LogP contribution in [0.2, 0.25) is 0 Å². The fraction of sp³-hybridized carbons (Fsp3) is 0.708. The van der Waals surface area contributed by atoms with Crippen LogP contribution in [0.3, 0.4) is 0 Å². The van der Waals surface area contributed by atoms with Gasteiger partial charge in [0.05, 0.1) is 11.5 Å². The van der Waals surface area contributed by atoms with E-state index in [4.69, 9.17) is 14.2 Å². The van der Waals surface area contributed by atoms with Crippen LogP contribution in [0, 0.1) is 17.3 Å². The van der Waals surface area contributed by atoms with E-state index < -0.39 is 70.8 Å². The summed E-state index contributed by atoms with van der Waals surface area (Å²) in [5, 5.41) is 34.3. The number of esters is 3. The maximum Gasteiger partial charge on any atom is 0.312 e. The Bertz CT molecular complexity index is 890. The first-order valence-electron chi connectivity index (χ1n) is 11.2. The lowest BCUT2D eigenvalue weighted by molar-refractivity contribution is -0.239. The number of allylic oxidation sites excluding steroid dienone is 1. The Labute approximate surface area is 193 Å². The topological polar surface area (TPSA) is 140 Å². The molecule has 0 bridgehead atoms. The van der Waals surface area contributed by atoms with E-state index in [9.17, 15) is 29.7 Å². The molecule has 184 valence electrons.